The van der Waals surface area contributed by atoms with E-state index in [1.807, 2.05) is 49.4 Å². The molecule has 0 radical (unpaired) electrons. The quantitative estimate of drug-likeness (QED) is 0.324. The van der Waals surface area contributed by atoms with Gasteiger partial charge >= 0.3 is 5.97 Å². The predicted molar refractivity (Wildman–Crippen MR) is 136 cm³/mol. The second-order valence-electron chi connectivity index (χ2n) is 7.23. The molecule has 0 unspecified atom stereocenters. The van der Waals surface area contributed by atoms with Crippen LogP contribution in [0.3, 0.4) is 0 Å². The lowest BCUT2D eigenvalue weighted by Crippen LogP contribution is -2.31. The number of thiocarbonyl (C=S) groups is 1. The minimum Gasteiger partial charge on any atom is -0.462 e. The van der Waals surface area contributed by atoms with Crippen molar-refractivity contribution in [3.63, 3.8) is 0 Å². The first-order valence-electron chi connectivity index (χ1n) is 10.4. The van der Waals surface area contributed by atoms with Crippen LogP contribution in [0.25, 0.3) is 6.08 Å². The number of benzene rings is 2. The van der Waals surface area contributed by atoms with E-state index < -0.39 is 5.97 Å². The average molecular weight is 481 g/mol. The lowest BCUT2D eigenvalue weighted by Gasteiger charge is -2.14. The molecule has 1 saturated heterocycles. The van der Waals surface area contributed by atoms with Crippen LogP contribution in [0.15, 0.2) is 71.2 Å². The van der Waals surface area contributed by atoms with E-state index in [9.17, 15) is 14.4 Å². The molecule has 8 heteroatoms. The standard InChI is InChI=1S/C25H24N2O4S2/c1-3-31-24(30)19-9-11-20(12-10-19)26-22(28)13-14-27-23(29)21(33-25(27)32)16-17(2)15-18-7-5-4-6-8-18/h4-12,15-16H,3,13-14H2,1-2H3,(H,26,28). The molecule has 0 atom stereocenters. The SMILES string of the molecule is CCOC(=O)c1ccc(NC(=O)CCN2C(=O)C(=CC(C)=Cc3ccccc3)SC2=S)cc1. The van der Waals surface area contributed by atoms with Gasteiger partial charge in [0.1, 0.15) is 4.32 Å². The Labute approximate surface area is 202 Å². The summed E-state index contributed by atoms with van der Waals surface area (Å²) >= 11 is 6.59. The van der Waals surface area contributed by atoms with Gasteiger partial charge in [0.25, 0.3) is 5.91 Å². The van der Waals surface area contributed by atoms with E-state index in [0.29, 0.717) is 27.1 Å². The van der Waals surface area contributed by atoms with Crippen LogP contribution in [0.2, 0.25) is 0 Å². The summed E-state index contributed by atoms with van der Waals surface area (Å²) in [6.45, 7) is 4.16. The first kappa shape index (κ1) is 24.4. The molecule has 1 fully saturated rings. The van der Waals surface area contributed by atoms with E-state index in [2.05, 4.69) is 5.32 Å². The van der Waals surface area contributed by atoms with Crippen LogP contribution in [0.1, 0.15) is 36.2 Å². The Bertz CT molecular complexity index is 1110. The van der Waals surface area contributed by atoms with Crippen molar-refractivity contribution in [3.8, 4) is 0 Å². The highest BCUT2D eigenvalue weighted by Crippen LogP contribution is 2.32. The van der Waals surface area contributed by atoms with E-state index in [1.165, 1.54) is 16.7 Å². The fourth-order valence-electron chi connectivity index (χ4n) is 3.09. The van der Waals surface area contributed by atoms with Crippen LogP contribution in [-0.4, -0.2) is 40.2 Å². The molecule has 170 valence electrons. The van der Waals surface area contributed by atoms with E-state index >= 15 is 0 Å². The highest BCUT2D eigenvalue weighted by atomic mass is 32.2. The van der Waals surface area contributed by atoms with E-state index in [0.717, 1.165) is 11.1 Å². The van der Waals surface area contributed by atoms with Crippen molar-refractivity contribution >= 4 is 57.8 Å². The molecule has 6 nitrogen and oxygen atoms in total. The Morgan fingerprint density at radius 2 is 1.82 bits per heavy atom. The summed E-state index contributed by atoms with van der Waals surface area (Å²) in [5.41, 5.74) is 2.95. The number of carbonyl (C=O) groups is 3. The summed E-state index contributed by atoms with van der Waals surface area (Å²) in [5, 5.41) is 2.76. The second-order valence-corrected chi connectivity index (χ2v) is 8.90. The van der Waals surface area contributed by atoms with E-state index in [-0.39, 0.29) is 24.8 Å². The Hall–Kier alpha value is -3.23. The normalized spacial score (nSPS) is 15.2. The number of ether oxygens (including phenoxy) is 1. The van der Waals surface area contributed by atoms with Crippen molar-refractivity contribution in [2.45, 2.75) is 20.3 Å². The maximum absolute atomic E-state index is 12.8. The Morgan fingerprint density at radius 1 is 1.12 bits per heavy atom. The molecule has 2 aromatic rings. The third kappa shape index (κ3) is 6.87. The summed E-state index contributed by atoms with van der Waals surface area (Å²) in [4.78, 5) is 38.8. The van der Waals surface area contributed by atoms with E-state index in [1.54, 1.807) is 31.2 Å². The van der Waals surface area contributed by atoms with Crippen molar-refractivity contribution in [2.24, 2.45) is 0 Å². The average Bonchev–Trinajstić information content (AvgIpc) is 3.05. The monoisotopic (exact) mass is 480 g/mol. The number of nitrogens with one attached hydrogen (secondary N) is 1. The number of amides is 2. The second kappa shape index (κ2) is 11.6. The van der Waals surface area contributed by atoms with Gasteiger partial charge in [-0.05, 0) is 55.3 Å². The van der Waals surface area contributed by atoms with Crippen molar-refractivity contribution in [1.82, 2.24) is 4.90 Å². The van der Waals surface area contributed by atoms with Crippen molar-refractivity contribution in [3.05, 3.63) is 82.3 Å². The molecule has 1 N–H and O–H groups in total. The third-order valence-corrected chi connectivity index (χ3v) is 6.05. The summed E-state index contributed by atoms with van der Waals surface area (Å²) in [6.07, 6.45) is 3.91. The fourth-order valence-corrected chi connectivity index (χ4v) is 4.45. The predicted octanol–water partition coefficient (Wildman–Crippen LogP) is 5.04. The Kier molecular flexibility index (Phi) is 8.57. The largest absolute Gasteiger partial charge is 0.462 e. The highest BCUT2D eigenvalue weighted by molar-refractivity contribution is 8.26. The maximum atomic E-state index is 12.8. The molecule has 0 aliphatic carbocycles. The number of esters is 1. The zero-order valence-electron chi connectivity index (χ0n) is 18.4. The number of nitrogens with zero attached hydrogens (tertiary/aromatic N) is 1. The van der Waals surface area contributed by atoms with Gasteiger partial charge in [-0.1, -0.05) is 60.4 Å². The molecule has 0 aromatic heterocycles. The zero-order chi connectivity index (χ0) is 23.8. The molecular formula is C25H24N2O4S2. The van der Waals surface area contributed by atoms with Gasteiger partial charge in [-0.25, -0.2) is 4.79 Å². The lowest BCUT2D eigenvalue weighted by atomic mass is 10.1. The van der Waals surface area contributed by atoms with Gasteiger partial charge < -0.3 is 10.1 Å². The van der Waals surface area contributed by atoms with Crippen LogP contribution in [0.5, 0.6) is 0 Å². The number of carbonyl (C=O) groups excluding carboxylic acids is 3. The third-order valence-electron chi connectivity index (χ3n) is 4.67. The van der Waals surface area contributed by atoms with Gasteiger partial charge in [0.2, 0.25) is 5.91 Å². The van der Waals surface area contributed by atoms with Gasteiger partial charge in [-0.2, -0.15) is 0 Å². The molecular weight excluding hydrogens is 456 g/mol. The zero-order valence-corrected chi connectivity index (χ0v) is 20.0. The number of anilines is 1. The topological polar surface area (TPSA) is 75.7 Å². The van der Waals surface area contributed by atoms with Crippen LogP contribution >= 0.6 is 24.0 Å². The first-order chi connectivity index (χ1) is 15.9. The number of rotatable bonds is 8. The molecule has 0 bridgehead atoms. The summed E-state index contributed by atoms with van der Waals surface area (Å²) in [7, 11) is 0. The molecule has 1 aliphatic rings. The first-order valence-corrected chi connectivity index (χ1v) is 11.7. The number of allylic oxidation sites excluding steroid dienone is 2. The molecule has 2 aromatic carbocycles. The van der Waals surface area contributed by atoms with E-state index in [4.69, 9.17) is 17.0 Å². The summed E-state index contributed by atoms with van der Waals surface area (Å²) in [6, 6.07) is 16.3. The minimum atomic E-state index is -0.411. The van der Waals surface area contributed by atoms with Gasteiger partial charge in [0.15, 0.2) is 0 Å². The van der Waals surface area contributed by atoms with Crippen molar-refractivity contribution in [2.75, 3.05) is 18.5 Å². The smallest absolute Gasteiger partial charge is 0.338 e. The van der Waals surface area contributed by atoms with Crippen LogP contribution in [0, 0.1) is 0 Å². The molecule has 0 spiro atoms. The molecule has 33 heavy (non-hydrogen) atoms. The number of hydrogen-bond donors (Lipinski definition) is 1. The van der Waals surface area contributed by atoms with Crippen LogP contribution < -0.4 is 5.32 Å². The Morgan fingerprint density at radius 3 is 2.48 bits per heavy atom. The molecule has 3 rings (SSSR count). The van der Waals surface area contributed by atoms with Gasteiger partial charge in [-0.15, -0.1) is 0 Å². The molecule has 1 heterocycles. The Balaban J connectivity index is 1.55. The lowest BCUT2D eigenvalue weighted by molar-refractivity contribution is -0.122. The number of thioether (sulfide) groups is 1. The van der Waals surface area contributed by atoms with Gasteiger partial charge in [0.05, 0.1) is 17.1 Å². The number of hydrogen-bond acceptors (Lipinski definition) is 6. The maximum Gasteiger partial charge on any atom is 0.338 e. The molecule has 0 saturated carbocycles. The minimum absolute atomic E-state index is 0.0954. The fraction of sp³-hybridized carbons (Fsp3) is 0.200. The highest BCUT2D eigenvalue weighted by Gasteiger charge is 2.32. The van der Waals surface area contributed by atoms with Crippen LogP contribution in [-0.2, 0) is 14.3 Å². The van der Waals surface area contributed by atoms with Crippen molar-refractivity contribution < 1.29 is 19.1 Å². The summed E-state index contributed by atoms with van der Waals surface area (Å²) < 4.78 is 5.38. The summed E-state index contributed by atoms with van der Waals surface area (Å²) in [5.74, 6) is -0.860. The van der Waals surface area contributed by atoms with Crippen LogP contribution in [0.4, 0.5) is 5.69 Å². The molecule has 1 aliphatic heterocycles. The van der Waals surface area contributed by atoms with Gasteiger partial charge in [0, 0.05) is 18.7 Å². The molecule has 2 amide bonds. The van der Waals surface area contributed by atoms with Crippen molar-refractivity contribution in [1.29, 1.82) is 0 Å². The van der Waals surface area contributed by atoms with Gasteiger partial charge in [-0.3, -0.25) is 14.5 Å².